The van der Waals surface area contributed by atoms with Crippen molar-refractivity contribution in [1.29, 1.82) is 0 Å². The lowest BCUT2D eigenvalue weighted by Crippen LogP contribution is -2.32. The third kappa shape index (κ3) is 4.66. The Bertz CT molecular complexity index is 602. The lowest BCUT2D eigenvalue weighted by Gasteiger charge is -2.25. The average Bonchev–Trinajstić information content (AvgIpc) is 3.25. The summed E-state index contributed by atoms with van der Waals surface area (Å²) in [7, 11) is 0. The van der Waals surface area contributed by atoms with Crippen LogP contribution in [0.25, 0.3) is 0 Å². The van der Waals surface area contributed by atoms with Crippen molar-refractivity contribution in [2.45, 2.75) is 32.2 Å². The molecule has 23 heavy (non-hydrogen) atoms. The minimum Gasteiger partial charge on any atom is -0.469 e. The molecule has 1 fully saturated rings. The van der Waals surface area contributed by atoms with Gasteiger partial charge in [0.1, 0.15) is 5.76 Å². The SMILES string of the molecule is O=C(NCCc1ccco1)c1cn(CCN2CCCCC2)nn1. The van der Waals surface area contributed by atoms with Gasteiger partial charge in [-0.2, -0.15) is 0 Å². The number of furan rings is 1. The van der Waals surface area contributed by atoms with E-state index < -0.39 is 0 Å². The van der Waals surface area contributed by atoms with E-state index in [-0.39, 0.29) is 5.91 Å². The fourth-order valence-electron chi connectivity index (χ4n) is 2.78. The highest BCUT2D eigenvalue weighted by molar-refractivity contribution is 5.91. The van der Waals surface area contributed by atoms with Crippen molar-refractivity contribution in [2.24, 2.45) is 0 Å². The van der Waals surface area contributed by atoms with Crippen LogP contribution < -0.4 is 5.32 Å². The number of aromatic nitrogens is 3. The first-order chi connectivity index (χ1) is 11.3. The van der Waals surface area contributed by atoms with Crippen LogP contribution in [0.5, 0.6) is 0 Å². The number of carbonyl (C=O) groups is 1. The molecule has 0 atom stereocenters. The zero-order valence-corrected chi connectivity index (χ0v) is 13.3. The average molecular weight is 317 g/mol. The fraction of sp³-hybridized carbons (Fsp3) is 0.562. The topological polar surface area (TPSA) is 76.2 Å². The van der Waals surface area contributed by atoms with Gasteiger partial charge in [-0.25, -0.2) is 0 Å². The van der Waals surface area contributed by atoms with Gasteiger partial charge in [-0.05, 0) is 38.1 Å². The number of likely N-dealkylation sites (tertiary alicyclic amines) is 1. The Morgan fingerprint density at radius 1 is 1.26 bits per heavy atom. The van der Waals surface area contributed by atoms with Crippen molar-refractivity contribution < 1.29 is 9.21 Å². The van der Waals surface area contributed by atoms with E-state index in [0.717, 1.165) is 31.9 Å². The Kier molecular flexibility index (Phi) is 5.42. The molecule has 2 aromatic rings. The molecule has 0 bridgehead atoms. The standard InChI is InChI=1S/C16H23N5O2/c22-16(17-7-6-14-5-4-12-23-14)15-13-21(19-18-15)11-10-20-8-2-1-3-9-20/h4-5,12-13H,1-3,6-11H2,(H,17,22). The van der Waals surface area contributed by atoms with Crippen molar-refractivity contribution >= 4 is 5.91 Å². The Labute approximate surface area is 135 Å². The van der Waals surface area contributed by atoms with E-state index in [1.807, 2.05) is 12.1 Å². The van der Waals surface area contributed by atoms with Gasteiger partial charge < -0.3 is 14.6 Å². The van der Waals surface area contributed by atoms with E-state index in [4.69, 9.17) is 4.42 Å². The monoisotopic (exact) mass is 317 g/mol. The zero-order valence-electron chi connectivity index (χ0n) is 13.3. The molecule has 2 aromatic heterocycles. The van der Waals surface area contributed by atoms with Gasteiger partial charge in [0.25, 0.3) is 5.91 Å². The second-order valence-corrected chi connectivity index (χ2v) is 5.85. The van der Waals surface area contributed by atoms with E-state index in [2.05, 4.69) is 20.5 Å². The van der Waals surface area contributed by atoms with Crippen LogP contribution in [0.1, 0.15) is 35.5 Å². The highest BCUT2D eigenvalue weighted by Gasteiger charge is 2.13. The van der Waals surface area contributed by atoms with Crippen LogP contribution in [0.3, 0.4) is 0 Å². The quantitative estimate of drug-likeness (QED) is 0.834. The number of hydrogen-bond acceptors (Lipinski definition) is 5. The molecule has 124 valence electrons. The van der Waals surface area contributed by atoms with E-state index in [1.165, 1.54) is 19.3 Å². The fourth-order valence-corrected chi connectivity index (χ4v) is 2.78. The minimum atomic E-state index is -0.194. The molecule has 1 saturated heterocycles. The molecule has 0 aliphatic carbocycles. The van der Waals surface area contributed by atoms with Crippen LogP contribution >= 0.6 is 0 Å². The molecule has 0 saturated carbocycles. The number of rotatable bonds is 7. The van der Waals surface area contributed by atoms with Gasteiger partial charge in [0.15, 0.2) is 5.69 Å². The maximum Gasteiger partial charge on any atom is 0.273 e. The predicted octanol–water partition coefficient (Wildman–Crippen LogP) is 1.33. The van der Waals surface area contributed by atoms with Gasteiger partial charge in [-0.15, -0.1) is 5.10 Å². The molecule has 0 spiro atoms. The maximum absolute atomic E-state index is 12.0. The number of carbonyl (C=O) groups excluding carboxylic acids is 1. The number of nitrogens with one attached hydrogen (secondary N) is 1. The molecule has 1 N–H and O–H groups in total. The summed E-state index contributed by atoms with van der Waals surface area (Å²) in [5.74, 6) is 0.663. The van der Waals surface area contributed by atoms with Crippen molar-refractivity contribution in [1.82, 2.24) is 25.2 Å². The van der Waals surface area contributed by atoms with Gasteiger partial charge in [-0.3, -0.25) is 9.48 Å². The zero-order chi connectivity index (χ0) is 15.9. The normalized spacial score (nSPS) is 15.7. The molecule has 7 heteroatoms. The van der Waals surface area contributed by atoms with Gasteiger partial charge in [-0.1, -0.05) is 11.6 Å². The molecule has 0 radical (unpaired) electrons. The van der Waals surface area contributed by atoms with Gasteiger partial charge in [0.2, 0.25) is 0 Å². The molecule has 0 aromatic carbocycles. The largest absolute Gasteiger partial charge is 0.469 e. The number of hydrogen-bond donors (Lipinski definition) is 1. The highest BCUT2D eigenvalue weighted by atomic mass is 16.3. The van der Waals surface area contributed by atoms with Crippen LogP contribution in [0.4, 0.5) is 0 Å². The summed E-state index contributed by atoms with van der Waals surface area (Å²) in [5.41, 5.74) is 0.364. The van der Waals surface area contributed by atoms with E-state index in [9.17, 15) is 4.79 Å². The number of nitrogens with zero attached hydrogens (tertiary/aromatic N) is 4. The first-order valence-corrected chi connectivity index (χ1v) is 8.24. The summed E-state index contributed by atoms with van der Waals surface area (Å²) in [6, 6.07) is 3.73. The van der Waals surface area contributed by atoms with Gasteiger partial charge >= 0.3 is 0 Å². The van der Waals surface area contributed by atoms with E-state index in [1.54, 1.807) is 17.1 Å². The van der Waals surface area contributed by atoms with Crippen LogP contribution in [0, 0.1) is 0 Å². The summed E-state index contributed by atoms with van der Waals surface area (Å²) in [5, 5.41) is 10.8. The summed E-state index contributed by atoms with van der Waals surface area (Å²) in [6.45, 7) is 4.58. The van der Waals surface area contributed by atoms with Crippen LogP contribution in [0.15, 0.2) is 29.0 Å². The third-order valence-electron chi connectivity index (χ3n) is 4.10. The van der Waals surface area contributed by atoms with Gasteiger partial charge in [0.05, 0.1) is 19.0 Å². The minimum absolute atomic E-state index is 0.194. The molecule has 0 unspecified atom stereocenters. The second kappa shape index (κ2) is 7.92. The van der Waals surface area contributed by atoms with Crippen LogP contribution in [0.2, 0.25) is 0 Å². The first kappa shape index (κ1) is 15.7. The van der Waals surface area contributed by atoms with Crippen molar-refractivity contribution in [3.63, 3.8) is 0 Å². The lowest BCUT2D eigenvalue weighted by atomic mass is 10.1. The van der Waals surface area contributed by atoms with Crippen molar-refractivity contribution in [3.05, 3.63) is 36.0 Å². The summed E-state index contributed by atoms with van der Waals surface area (Å²) in [4.78, 5) is 14.5. The molecule has 3 heterocycles. The van der Waals surface area contributed by atoms with Crippen molar-refractivity contribution in [2.75, 3.05) is 26.2 Å². The Balaban J connectivity index is 1.41. The Hall–Kier alpha value is -2.15. The smallest absolute Gasteiger partial charge is 0.273 e. The molecule has 7 nitrogen and oxygen atoms in total. The summed E-state index contributed by atoms with van der Waals surface area (Å²) < 4.78 is 6.97. The molecule has 3 rings (SSSR count). The van der Waals surface area contributed by atoms with Crippen LogP contribution in [-0.2, 0) is 13.0 Å². The van der Waals surface area contributed by atoms with Crippen molar-refractivity contribution in [3.8, 4) is 0 Å². The van der Waals surface area contributed by atoms with E-state index >= 15 is 0 Å². The summed E-state index contributed by atoms with van der Waals surface area (Å²) >= 11 is 0. The maximum atomic E-state index is 12.0. The Morgan fingerprint density at radius 3 is 2.91 bits per heavy atom. The number of piperidine rings is 1. The third-order valence-corrected chi connectivity index (χ3v) is 4.10. The molecular weight excluding hydrogens is 294 g/mol. The first-order valence-electron chi connectivity index (χ1n) is 8.24. The lowest BCUT2D eigenvalue weighted by molar-refractivity contribution is 0.0948. The summed E-state index contributed by atoms with van der Waals surface area (Å²) in [6.07, 6.45) is 7.91. The van der Waals surface area contributed by atoms with E-state index in [0.29, 0.717) is 18.7 Å². The Morgan fingerprint density at radius 2 is 2.13 bits per heavy atom. The highest BCUT2D eigenvalue weighted by Crippen LogP contribution is 2.08. The van der Waals surface area contributed by atoms with Crippen LogP contribution in [-0.4, -0.2) is 52.0 Å². The molecule has 1 amide bonds. The second-order valence-electron chi connectivity index (χ2n) is 5.85. The molecular formula is C16H23N5O2. The molecule has 1 aliphatic rings. The van der Waals surface area contributed by atoms with Gasteiger partial charge in [0, 0.05) is 19.5 Å². The number of amides is 1. The molecule has 1 aliphatic heterocycles. The predicted molar refractivity (Wildman–Crippen MR) is 85.1 cm³/mol.